The van der Waals surface area contributed by atoms with Crippen LogP contribution in [0.25, 0.3) is 0 Å². The molecule has 1 rings (SSSR count). The second-order valence-electron chi connectivity index (χ2n) is 3.40. The zero-order valence-corrected chi connectivity index (χ0v) is 10.3. The summed E-state index contributed by atoms with van der Waals surface area (Å²) in [5.41, 5.74) is 1.03. The minimum absolute atomic E-state index is 0.631. The Morgan fingerprint density at radius 3 is 2.77 bits per heavy atom. The van der Waals surface area contributed by atoms with Crippen LogP contribution in [0, 0.1) is 16.4 Å². The standard InChI is InChI=1S/C9H14IN3/c1-6(2)4-11-9-8(10)7(3)12-5-13-9/h5-6H,4H2,1-3H3,(H,11,12,13). The monoisotopic (exact) mass is 291 g/mol. The number of hydrogen-bond donors (Lipinski definition) is 1. The molecule has 13 heavy (non-hydrogen) atoms. The summed E-state index contributed by atoms with van der Waals surface area (Å²) in [6.07, 6.45) is 1.60. The molecule has 0 amide bonds. The van der Waals surface area contributed by atoms with E-state index in [1.165, 1.54) is 0 Å². The molecule has 0 atom stereocenters. The van der Waals surface area contributed by atoms with Gasteiger partial charge in [-0.3, -0.25) is 0 Å². The van der Waals surface area contributed by atoms with Crippen LogP contribution >= 0.6 is 22.6 Å². The van der Waals surface area contributed by atoms with Gasteiger partial charge in [0.25, 0.3) is 0 Å². The Kier molecular flexibility index (Phi) is 3.90. The Hall–Kier alpha value is -0.390. The van der Waals surface area contributed by atoms with Gasteiger partial charge in [-0.05, 0) is 35.4 Å². The van der Waals surface area contributed by atoms with Crippen LogP contribution in [0.3, 0.4) is 0 Å². The van der Waals surface area contributed by atoms with Gasteiger partial charge in [0, 0.05) is 6.54 Å². The van der Waals surface area contributed by atoms with Crippen LogP contribution in [0.1, 0.15) is 19.5 Å². The first-order valence-corrected chi connectivity index (χ1v) is 5.40. The topological polar surface area (TPSA) is 37.8 Å². The van der Waals surface area contributed by atoms with Gasteiger partial charge in [-0.2, -0.15) is 0 Å². The highest BCUT2D eigenvalue weighted by Gasteiger charge is 2.04. The predicted octanol–water partition coefficient (Wildman–Crippen LogP) is 2.46. The van der Waals surface area contributed by atoms with Gasteiger partial charge in [0.15, 0.2) is 0 Å². The molecule has 0 saturated heterocycles. The van der Waals surface area contributed by atoms with Crippen molar-refractivity contribution >= 4 is 28.4 Å². The van der Waals surface area contributed by atoms with Gasteiger partial charge in [-0.25, -0.2) is 9.97 Å². The molecule has 0 fully saturated rings. The smallest absolute Gasteiger partial charge is 0.143 e. The maximum atomic E-state index is 4.18. The van der Waals surface area contributed by atoms with E-state index in [0.29, 0.717) is 5.92 Å². The number of rotatable bonds is 3. The Morgan fingerprint density at radius 2 is 2.15 bits per heavy atom. The summed E-state index contributed by atoms with van der Waals surface area (Å²) in [6, 6.07) is 0. The fraction of sp³-hybridized carbons (Fsp3) is 0.556. The first-order valence-electron chi connectivity index (χ1n) is 4.32. The van der Waals surface area contributed by atoms with Crippen LogP contribution in [-0.2, 0) is 0 Å². The lowest BCUT2D eigenvalue weighted by Gasteiger charge is -2.09. The largest absolute Gasteiger partial charge is 0.369 e. The van der Waals surface area contributed by atoms with E-state index in [4.69, 9.17) is 0 Å². The molecule has 3 nitrogen and oxygen atoms in total. The molecule has 0 aliphatic heterocycles. The van der Waals surface area contributed by atoms with Crippen molar-refractivity contribution in [1.82, 2.24) is 9.97 Å². The van der Waals surface area contributed by atoms with Crippen molar-refractivity contribution in [3.05, 3.63) is 15.6 Å². The van der Waals surface area contributed by atoms with Gasteiger partial charge in [0.1, 0.15) is 12.1 Å². The molecule has 1 aromatic rings. The Bertz CT molecular complexity index is 286. The van der Waals surface area contributed by atoms with Gasteiger partial charge in [-0.15, -0.1) is 0 Å². The van der Waals surface area contributed by atoms with E-state index in [2.05, 4.69) is 51.7 Å². The van der Waals surface area contributed by atoms with Gasteiger partial charge in [0.05, 0.1) is 9.26 Å². The number of nitrogens with one attached hydrogen (secondary N) is 1. The number of anilines is 1. The lowest BCUT2D eigenvalue weighted by atomic mass is 10.2. The minimum Gasteiger partial charge on any atom is -0.369 e. The van der Waals surface area contributed by atoms with Gasteiger partial charge >= 0.3 is 0 Å². The van der Waals surface area contributed by atoms with Crippen LogP contribution in [0.4, 0.5) is 5.82 Å². The van der Waals surface area contributed by atoms with Crippen molar-refractivity contribution in [1.29, 1.82) is 0 Å². The molecule has 72 valence electrons. The maximum Gasteiger partial charge on any atom is 0.143 e. The van der Waals surface area contributed by atoms with Gasteiger partial charge < -0.3 is 5.32 Å². The summed E-state index contributed by atoms with van der Waals surface area (Å²) < 4.78 is 1.11. The van der Waals surface area contributed by atoms with E-state index < -0.39 is 0 Å². The van der Waals surface area contributed by atoms with Crippen LogP contribution in [0.2, 0.25) is 0 Å². The van der Waals surface area contributed by atoms with Crippen LogP contribution < -0.4 is 5.32 Å². The summed E-state index contributed by atoms with van der Waals surface area (Å²) in [4.78, 5) is 8.29. The Balaban J connectivity index is 2.71. The van der Waals surface area contributed by atoms with Crippen LogP contribution in [0.15, 0.2) is 6.33 Å². The first-order chi connectivity index (χ1) is 6.11. The summed E-state index contributed by atoms with van der Waals surface area (Å²) in [5.74, 6) is 1.58. The third-order valence-electron chi connectivity index (χ3n) is 1.64. The van der Waals surface area contributed by atoms with Crippen LogP contribution in [-0.4, -0.2) is 16.5 Å². The number of aryl methyl sites for hydroxylation is 1. The number of hydrogen-bond acceptors (Lipinski definition) is 3. The van der Waals surface area contributed by atoms with E-state index in [1.807, 2.05) is 6.92 Å². The summed E-state index contributed by atoms with van der Waals surface area (Å²) in [5, 5.41) is 3.29. The van der Waals surface area contributed by atoms with E-state index in [-0.39, 0.29) is 0 Å². The molecule has 1 N–H and O–H groups in total. The fourth-order valence-corrected chi connectivity index (χ4v) is 1.35. The maximum absolute atomic E-state index is 4.18. The van der Waals surface area contributed by atoms with Crippen molar-refractivity contribution < 1.29 is 0 Å². The van der Waals surface area contributed by atoms with E-state index in [1.54, 1.807) is 6.33 Å². The summed E-state index contributed by atoms with van der Waals surface area (Å²) in [6.45, 7) is 7.29. The lowest BCUT2D eigenvalue weighted by Crippen LogP contribution is -2.11. The highest BCUT2D eigenvalue weighted by Crippen LogP contribution is 2.16. The zero-order valence-electron chi connectivity index (χ0n) is 8.13. The average Bonchev–Trinajstić information content (AvgIpc) is 2.07. The molecule has 0 bridgehead atoms. The van der Waals surface area contributed by atoms with Crippen molar-refractivity contribution in [2.24, 2.45) is 5.92 Å². The van der Waals surface area contributed by atoms with Crippen molar-refractivity contribution in [2.45, 2.75) is 20.8 Å². The SMILES string of the molecule is Cc1ncnc(NCC(C)C)c1I. The molecular formula is C9H14IN3. The third-order valence-corrected chi connectivity index (χ3v) is 2.93. The van der Waals surface area contributed by atoms with Gasteiger partial charge in [-0.1, -0.05) is 13.8 Å². The number of aromatic nitrogens is 2. The van der Waals surface area contributed by atoms with Crippen molar-refractivity contribution in [3.63, 3.8) is 0 Å². The zero-order chi connectivity index (χ0) is 9.84. The Labute approximate surface area is 92.5 Å². The number of halogens is 1. The molecule has 1 aromatic heterocycles. The van der Waals surface area contributed by atoms with E-state index >= 15 is 0 Å². The average molecular weight is 291 g/mol. The molecule has 4 heteroatoms. The molecule has 0 aromatic carbocycles. The molecular weight excluding hydrogens is 277 g/mol. The molecule has 0 saturated carbocycles. The van der Waals surface area contributed by atoms with Crippen molar-refractivity contribution in [2.75, 3.05) is 11.9 Å². The van der Waals surface area contributed by atoms with Gasteiger partial charge in [0.2, 0.25) is 0 Å². The fourth-order valence-electron chi connectivity index (χ4n) is 0.882. The molecule has 0 spiro atoms. The highest BCUT2D eigenvalue weighted by molar-refractivity contribution is 14.1. The molecule has 1 heterocycles. The number of nitrogens with zero attached hydrogens (tertiary/aromatic N) is 2. The summed E-state index contributed by atoms with van der Waals surface area (Å²) in [7, 11) is 0. The first kappa shape index (κ1) is 10.7. The highest BCUT2D eigenvalue weighted by atomic mass is 127. The van der Waals surface area contributed by atoms with E-state index in [9.17, 15) is 0 Å². The molecule has 0 unspecified atom stereocenters. The second kappa shape index (κ2) is 4.74. The second-order valence-corrected chi connectivity index (χ2v) is 4.48. The van der Waals surface area contributed by atoms with Crippen LogP contribution in [0.5, 0.6) is 0 Å². The molecule has 0 aliphatic rings. The normalized spacial score (nSPS) is 10.5. The quantitative estimate of drug-likeness (QED) is 0.869. The minimum atomic E-state index is 0.631. The Morgan fingerprint density at radius 1 is 1.46 bits per heavy atom. The lowest BCUT2D eigenvalue weighted by molar-refractivity contribution is 0.686. The third kappa shape index (κ3) is 3.10. The molecule has 0 radical (unpaired) electrons. The van der Waals surface area contributed by atoms with Crippen molar-refractivity contribution in [3.8, 4) is 0 Å². The van der Waals surface area contributed by atoms with E-state index in [0.717, 1.165) is 21.6 Å². The molecule has 0 aliphatic carbocycles. The predicted molar refractivity (Wildman–Crippen MR) is 62.8 cm³/mol. The summed E-state index contributed by atoms with van der Waals surface area (Å²) >= 11 is 2.26.